The van der Waals surface area contributed by atoms with E-state index in [9.17, 15) is 17.6 Å². The van der Waals surface area contributed by atoms with Crippen LogP contribution in [0, 0.1) is 5.82 Å². The van der Waals surface area contributed by atoms with Gasteiger partial charge in [0.2, 0.25) is 5.89 Å². The Bertz CT molecular complexity index is 716. The maximum absolute atomic E-state index is 12.9. The topological polar surface area (TPSA) is 62.5 Å². The molecule has 0 aliphatic carbocycles. The Morgan fingerprint density at radius 2 is 1.89 bits per heavy atom. The smallest absolute Gasteiger partial charge is 0.390 e. The summed E-state index contributed by atoms with van der Waals surface area (Å²) in [5.74, 6) is 0.357. The Balaban J connectivity index is 0.00000364. The molecule has 0 spiro atoms. The molecule has 0 fully saturated rings. The van der Waals surface area contributed by atoms with Crippen LogP contribution in [0.2, 0.25) is 0 Å². The molecule has 0 unspecified atom stereocenters. The van der Waals surface area contributed by atoms with E-state index < -0.39 is 12.6 Å². The Hall–Kier alpha value is -1.85. The average Bonchev–Trinajstić information content (AvgIpc) is 3.03. The third kappa shape index (κ3) is 8.59. The van der Waals surface area contributed by atoms with Gasteiger partial charge >= 0.3 is 6.18 Å². The summed E-state index contributed by atoms with van der Waals surface area (Å²) in [6.07, 6.45) is -3.20. The van der Waals surface area contributed by atoms with Crippen molar-refractivity contribution in [2.45, 2.75) is 25.9 Å². The molecule has 1 aromatic heterocycles. The van der Waals surface area contributed by atoms with E-state index >= 15 is 0 Å². The van der Waals surface area contributed by atoms with E-state index in [2.05, 4.69) is 20.6 Å². The highest BCUT2D eigenvalue weighted by molar-refractivity contribution is 14.0. The van der Waals surface area contributed by atoms with Crippen LogP contribution in [0.1, 0.15) is 19.0 Å². The second kappa shape index (κ2) is 11.1. The summed E-state index contributed by atoms with van der Waals surface area (Å²) in [7, 11) is 0. The second-order valence-corrected chi connectivity index (χ2v) is 5.45. The van der Waals surface area contributed by atoms with Gasteiger partial charge in [-0.2, -0.15) is 13.2 Å². The van der Waals surface area contributed by atoms with Gasteiger partial charge in [-0.1, -0.05) is 0 Å². The number of oxazole rings is 1. The molecule has 1 aromatic carbocycles. The van der Waals surface area contributed by atoms with Crippen LogP contribution in [0.25, 0.3) is 11.5 Å². The van der Waals surface area contributed by atoms with Gasteiger partial charge < -0.3 is 15.1 Å². The molecule has 10 heteroatoms. The van der Waals surface area contributed by atoms with Crippen molar-refractivity contribution in [3.05, 3.63) is 42.0 Å². The number of guanidine groups is 1. The highest BCUT2D eigenvalue weighted by Crippen LogP contribution is 2.19. The summed E-state index contributed by atoms with van der Waals surface area (Å²) >= 11 is 0. The summed E-state index contributed by atoms with van der Waals surface area (Å²) in [4.78, 5) is 8.20. The van der Waals surface area contributed by atoms with Crippen LogP contribution in [0.3, 0.4) is 0 Å². The number of halogens is 5. The SMILES string of the molecule is CCNC(=NCCC(F)(F)F)NCCc1coc(-c2ccc(F)cc2)n1.I. The highest BCUT2D eigenvalue weighted by Gasteiger charge is 2.26. The molecule has 2 N–H and O–H groups in total. The lowest BCUT2D eigenvalue weighted by Crippen LogP contribution is -2.38. The van der Waals surface area contributed by atoms with Gasteiger partial charge in [-0.25, -0.2) is 9.37 Å². The number of nitrogens with one attached hydrogen (secondary N) is 2. The van der Waals surface area contributed by atoms with E-state index in [1.807, 2.05) is 6.92 Å². The van der Waals surface area contributed by atoms with E-state index in [1.165, 1.54) is 18.4 Å². The first-order valence-electron chi connectivity index (χ1n) is 8.16. The van der Waals surface area contributed by atoms with Gasteiger partial charge in [0.1, 0.15) is 12.1 Å². The number of aliphatic imine (C=N–C) groups is 1. The maximum Gasteiger partial charge on any atom is 0.390 e. The average molecular weight is 500 g/mol. The Morgan fingerprint density at radius 1 is 1.19 bits per heavy atom. The zero-order chi connectivity index (χ0) is 19.0. The van der Waals surface area contributed by atoms with Crippen molar-refractivity contribution in [1.82, 2.24) is 15.6 Å². The first-order chi connectivity index (χ1) is 12.4. The minimum absolute atomic E-state index is 0. The van der Waals surface area contributed by atoms with Gasteiger partial charge in [0.25, 0.3) is 0 Å². The molecule has 0 radical (unpaired) electrons. The number of nitrogens with zero attached hydrogens (tertiary/aromatic N) is 2. The quantitative estimate of drug-likeness (QED) is 0.260. The van der Waals surface area contributed by atoms with Crippen molar-refractivity contribution in [3.63, 3.8) is 0 Å². The third-order valence-electron chi connectivity index (χ3n) is 3.33. The predicted molar refractivity (Wildman–Crippen MR) is 106 cm³/mol. The number of hydrogen-bond acceptors (Lipinski definition) is 3. The van der Waals surface area contributed by atoms with Gasteiger partial charge in [-0.15, -0.1) is 24.0 Å². The van der Waals surface area contributed by atoms with Crippen LogP contribution in [0.15, 0.2) is 39.9 Å². The minimum Gasteiger partial charge on any atom is -0.444 e. The van der Waals surface area contributed by atoms with Gasteiger partial charge in [0.05, 0.1) is 18.7 Å². The molecule has 2 rings (SSSR count). The first-order valence-corrected chi connectivity index (χ1v) is 8.16. The second-order valence-electron chi connectivity index (χ2n) is 5.45. The van der Waals surface area contributed by atoms with Crippen molar-refractivity contribution in [1.29, 1.82) is 0 Å². The monoisotopic (exact) mass is 500 g/mol. The van der Waals surface area contributed by atoms with Gasteiger partial charge in [-0.05, 0) is 31.2 Å². The summed E-state index contributed by atoms with van der Waals surface area (Å²) in [5, 5.41) is 5.84. The number of aromatic nitrogens is 1. The zero-order valence-electron chi connectivity index (χ0n) is 14.6. The molecule has 27 heavy (non-hydrogen) atoms. The minimum atomic E-state index is -4.22. The number of benzene rings is 1. The first kappa shape index (κ1) is 23.2. The standard InChI is InChI=1S/C17H20F4N4O.HI/c1-2-22-16(24-10-8-17(19,20)21)23-9-7-14-11-26-15(25-14)12-3-5-13(18)6-4-12;/h3-6,11H,2,7-10H2,1H3,(H2,22,23,24);1H. The van der Waals surface area contributed by atoms with Crippen molar-refractivity contribution in [3.8, 4) is 11.5 Å². The molecule has 0 saturated heterocycles. The summed E-state index contributed by atoms with van der Waals surface area (Å²) < 4.78 is 54.8. The molecule has 0 bridgehead atoms. The van der Waals surface area contributed by atoms with E-state index in [0.29, 0.717) is 42.6 Å². The van der Waals surface area contributed by atoms with Gasteiger partial charge in [0, 0.05) is 25.1 Å². The molecule has 2 aromatic rings. The van der Waals surface area contributed by atoms with E-state index in [0.717, 1.165) is 0 Å². The molecule has 0 saturated carbocycles. The number of hydrogen-bond donors (Lipinski definition) is 2. The molecular formula is C17H21F4IN4O. The molecule has 150 valence electrons. The number of rotatable bonds is 7. The highest BCUT2D eigenvalue weighted by atomic mass is 127. The zero-order valence-corrected chi connectivity index (χ0v) is 17.0. The van der Waals surface area contributed by atoms with Crippen LogP contribution >= 0.6 is 24.0 Å². The number of alkyl halides is 3. The third-order valence-corrected chi connectivity index (χ3v) is 3.33. The molecular weight excluding hydrogens is 479 g/mol. The lowest BCUT2D eigenvalue weighted by atomic mass is 10.2. The van der Waals surface area contributed by atoms with Crippen molar-refractivity contribution in [2.75, 3.05) is 19.6 Å². The lowest BCUT2D eigenvalue weighted by Gasteiger charge is -2.11. The van der Waals surface area contributed by atoms with Crippen LogP contribution in [0.4, 0.5) is 17.6 Å². The molecule has 0 aliphatic rings. The van der Waals surface area contributed by atoms with E-state index in [4.69, 9.17) is 4.42 Å². The van der Waals surface area contributed by atoms with Crippen molar-refractivity contribution < 1.29 is 22.0 Å². The molecule has 0 atom stereocenters. The summed E-state index contributed by atoms with van der Waals surface area (Å²) in [6.45, 7) is 2.45. The fraction of sp³-hybridized carbons (Fsp3) is 0.412. The normalized spacial score (nSPS) is 11.8. The van der Waals surface area contributed by atoms with Gasteiger partial charge in [-0.3, -0.25) is 4.99 Å². The van der Waals surface area contributed by atoms with Crippen LogP contribution in [-0.4, -0.2) is 36.8 Å². The fourth-order valence-corrected chi connectivity index (χ4v) is 2.09. The van der Waals surface area contributed by atoms with Gasteiger partial charge in [0.15, 0.2) is 5.96 Å². The molecule has 0 amide bonds. The summed E-state index contributed by atoms with van der Waals surface area (Å²) in [5.41, 5.74) is 1.33. The van der Waals surface area contributed by atoms with Crippen LogP contribution in [0.5, 0.6) is 0 Å². The Kier molecular flexibility index (Phi) is 9.53. The maximum atomic E-state index is 12.9. The Morgan fingerprint density at radius 3 is 2.52 bits per heavy atom. The fourth-order valence-electron chi connectivity index (χ4n) is 2.09. The van der Waals surface area contributed by atoms with Crippen LogP contribution in [-0.2, 0) is 6.42 Å². The summed E-state index contributed by atoms with van der Waals surface area (Å²) in [6, 6.07) is 5.78. The lowest BCUT2D eigenvalue weighted by molar-refractivity contribution is -0.132. The van der Waals surface area contributed by atoms with E-state index in [-0.39, 0.29) is 36.3 Å². The largest absolute Gasteiger partial charge is 0.444 e. The van der Waals surface area contributed by atoms with E-state index in [1.54, 1.807) is 12.1 Å². The predicted octanol–water partition coefficient (Wildman–Crippen LogP) is 4.15. The molecule has 0 aliphatic heterocycles. The Labute approximate surface area is 171 Å². The molecule has 5 nitrogen and oxygen atoms in total. The van der Waals surface area contributed by atoms with Crippen LogP contribution < -0.4 is 10.6 Å². The van der Waals surface area contributed by atoms with Crippen molar-refractivity contribution in [2.24, 2.45) is 4.99 Å². The van der Waals surface area contributed by atoms with Crippen molar-refractivity contribution >= 4 is 29.9 Å². The molecule has 1 heterocycles.